The molecule has 0 radical (unpaired) electrons. The summed E-state index contributed by atoms with van der Waals surface area (Å²) >= 11 is 6.08. The van der Waals surface area contributed by atoms with Gasteiger partial charge in [0.15, 0.2) is 5.69 Å². The summed E-state index contributed by atoms with van der Waals surface area (Å²) in [5.74, 6) is 1.53. The largest absolute Gasteiger partial charge is 0.361 e. The number of halogens is 1. The minimum Gasteiger partial charge on any atom is -0.361 e. The summed E-state index contributed by atoms with van der Waals surface area (Å²) in [6.45, 7) is 4.78. The van der Waals surface area contributed by atoms with Crippen molar-refractivity contribution in [1.82, 2.24) is 20.4 Å². The number of carbonyl (C=O) groups excluding carboxylic acids is 1. The van der Waals surface area contributed by atoms with E-state index in [9.17, 15) is 4.79 Å². The molecule has 2 aliphatic rings. The molecule has 146 valence electrons. The van der Waals surface area contributed by atoms with Gasteiger partial charge >= 0.3 is 0 Å². The van der Waals surface area contributed by atoms with Crippen LogP contribution in [0.5, 0.6) is 0 Å². The third-order valence-electron chi connectivity index (χ3n) is 5.87. The Bertz CT molecular complexity index is 1020. The van der Waals surface area contributed by atoms with Gasteiger partial charge in [0.1, 0.15) is 5.76 Å². The van der Waals surface area contributed by atoms with Crippen molar-refractivity contribution in [3.63, 3.8) is 0 Å². The molecule has 1 amide bonds. The predicted molar refractivity (Wildman–Crippen MR) is 107 cm³/mol. The van der Waals surface area contributed by atoms with Crippen LogP contribution in [0.25, 0.3) is 10.9 Å². The second kappa shape index (κ2) is 6.94. The highest BCUT2D eigenvalue weighted by Crippen LogP contribution is 2.40. The highest BCUT2D eigenvalue weighted by molar-refractivity contribution is 6.31. The standard InChI is InChI=1S/C21H23ClN4O2/c1-12-9-26(10-14-8-23-17-6-15(22)4-5-16(14)17)11-19(12)24-21(27)18-7-20(28-25-18)13-2-3-13/h4-8,12-13,19,23H,2-3,9-11H2,1H3,(H,24,27)/t12-,19?/m1/s1. The van der Waals surface area contributed by atoms with Crippen LogP contribution in [0.15, 0.2) is 35.0 Å². The van der Waals surface area contributed by atoms with Crippen LogP contribution in [0.1, 0.15) is 47.5 Å². The number of H-pyrrole nitrogens is 1. The van der Waals surface area contributed by atoms with E-state index in [1.807, 2.05) is 18.3 Å². The van der Waals surface area contributed by atoms with Crippen molar-refractivity contribution in [3.8, 4) is 0 Å². The van der Waals surface area contributed by atoms with E-state index in [0.29, 0.717) is 17.5 Å². The lowest BCUT2D eigenvalue weighted by Gasteiger charge is -2.16. The first-order chi connectivity index (χ1) is 13.6. The summed E-state index contributed by atoms with van der Waals surface area (Å²) < 4.78 is 5.31. The highest BCUT2D eigenvalue weighted by atomic mass is 35.5. The Balaban J connectivity index is 1.23. The fraction of sp³-hybridized carbons (Fsp3) is 0.429. The van der Waals surface area contributed by atoms with Crippen molar-refractivity contribution in [1.29, 1.82) is 0 Å². The van der Waals surface area contributed by atoms with E-state index in [4.69, 9.17) is 16.1 Å². The van der Waals surface area contributed by atoms with Crippen LogP contribution in [0.4, 0.5) is 0 Å². The van der Waals surface area contributed by atoms with Crippen molar-refractivity contribution in [2.75, 3.05) is 13.1 Å². The van der Waals surface area contributed by atoms with Gasteiger partial charge in [0.05, 0.1) is 0 Å². The van der Waals surface area contributed by atoms with E-state index in [-0.39, 0.29) is 11.9 Å². The zero-order valence-corrected chi connectivity index (χ0v) is 16.5. The van der Waals surface area contributed by atoms with Crippen LogP contribution in [0.2, 0.25) is 5.02 Å². The van der Waals surface area contributed by atoms with Crippen molar-refractivity contribution in [2.45, 2.75) is 38.3 Å². The van der Waals surface area contributed by atoms with E-state index in [1.165, 1.54) is 10.9 Å². The molecule has 0 spiro atoms. The maximum Gasteiger partial charge on any atom is 0.273 e. The van der Waals surface area contributed by atoms with Crippen molar-refractivity contribution in [3.05, 3.63) is 52.5 Å². The smallest absolute Gasteiger partial charge is 0.273 e. The molecule has 5 rings (SSSR count). The molecule has 28 heavy (non-hydrogen) atoms. The van der Waals surface area contributed by atoms with Gasteiger partial charge in [-0.05, 0) is 36.5 Å². The third-order valence-corrected chi connectivity index (χ3v) is 6.10. The molecule has 2 aromatic heterocycles. The summed E-state index contributed by atoms with van der Waals surface area (Å²) in [6.07, 6.45) is 4.31. The number of likely N-dealkylation sites (tertiary alicyclic amines) is 1. The van der Waals surface area contributed by atoms with E-state index >= 15 is 0 Å². The molecule has 1 saturated carbocycles. The number of nitrogens with one attached hydrogen (secondary N) is 2. The van der Waals surface area contributed by atoms with E-state index in [1.54, 1.807) is 6.07 Å². The molecule has 2 atom stereocenters. The Labute approximate surface area is 168 Å². The quantitative estimate of drug-likeness (QED) is 0.682. The molecule has 0 bridgehead atoms. The van der Waals surface area contributed by atoms with Gasteiger partial charge in [0.2, 0.25) is 0 Å². The monoisotopic (exact) mass is 398 g/mol. The maximum atomic E-state index is 12.6. The predicted octanol–water partition coefficient (Wildman–Crippen LogP) is 3.94. The van der Waals surface area contributed by atoms with E-state index in [0.717, 1.165) is 48.8 Å². The Morgan fingerprint density at radius 1 is 1.36 bits per heavy atom. The topological polar surface area (TPSA) is 74.2 Å². The molecule has 2 N–H and O–H groups in total. The van der Waals surface area contributed by atoms with Crippen molar-refractivity contribution >= 4 is 28.4 Å². The fourth-order valence-corrected chi connectivity index (χ4v) is 4.29. The third kappa shape index (κ3) is 3.42. The second-order valence-corrected chi connectivity index (χ2v) is 8.58. The first-order valence-corrected chi connectivity index (χ1v) is 10.2. The van der Waals surface area contributed by atoms with Crippen LogP contribution in [0.3, 0.4) is 0 Å². The molecule has 1 aliphatic carbocycles. The lowest BCUT2D eigenvalue weighted by Crippen LogP contribution is -2.39. The summed E-state index contributed by atoms with van der Waals surface area (Å²) in [4.78, 5) is 18.2. The zero-order chi connectivity index (χ0) is 19.3. The van der Waals surface area contributed by atoms with Crippen LogP contribution in [-0.2, 0) is 6.54 Å². The zero-order valence-electron chi connectivity index (χ0n) is 15.7. The summed E-state index contributed by atoms with van der Waals surface area (Å²) in [7, 11) is 0. The average molecular weight is 399 g/mol. The van der Waals surface area contributed by atoms with Crippen LogP contribution >= 0.6 is 11.6 Å². The number of hydrogen-bond acceptors (Lipinski definition) is 4. The second-order valence-electron chi connectivity index (χ2n) is 8.14. The number of aromatic nitrogens is 2. The first kappa shape index (κ1) is 17.8. The minimum absolute atomic E-state index is 0.105. The van der Waals surface area contributed by atoms with Gasteiger partial charge in [-0.25, -0.2) is 0 Å². The number of hydrogen-bond donors (Lipinski definition) is 2. The molecular formula is C21H23ClN4O2. The molecule has 1 aliphatic heterocycles. The highest BCUT2D eigenvalue weighted by Gasteiger charge is 2.33. The molecule has 1 unspecified atom stereocenters. The molecular weight excluding hydrogens is 376 g/mol. The Morgan fingerprint density at radius 3 is 3.04 bits per heavy atom. The first-order valence-electron chi connectivity index (χ1n) is 9.82. The van der Waals surface area contributed by atoms with Crippen molar-refractivity contribution < 1.29 is 9.32 Å². The summed E-state index contributed by atoms with van der Waals surface area (Å²) in [5.41, 5.74) is 2.69. The molecule has 1 aromatic carbocycles. The SMILES string of the molecule is C[C@@H]1CN(Cc2c[nH]c3cc(Cl)ccc23)CC1NC(=O)c1cc(C2CC2)on1. The average Bonchev–Trinajstić information content (AvgIpc) is 3.11. The molecule has 3 aromatic rings. The molecule has 2 fully saturated rings. The number of fused-ring (bicyclic) bond motifs is 1. The molecule has 1 saturated heterocycles. The van der Waals surface area contributed by atoms with Crippen LogP contribution < -0.4 is 5.32 Å². The number of nitrogens with zero attached hydrogens (tertiary/aromatic N) is 2. The van der Waals surface area contributed by atoms with Gasteiger partial charge in [-0.15, -0.1) is 0 Å². The van der Waals surface area contributed by atoms with Crippen molar-refractivity contribution in [2.24, 2.45) is 5.92 Å². The fourth-order valence-electron chi connectivity index (χ4n) is 4.11. The number of amides is 1. The number of aromatic amines is 1. The number of rotatable bonds is 5. The Kier molecular flexibility index (Phi) is 4.40. The molecule has 3 heterocycles. The Hall–Kier alpha value is -2.31. The maximum absolute atomic E-state index is 12.6. The lowest BCUT2D eigenvalue weighted by atomic mass is 10.1. The minimum atomic E-state index is -0.143. The summed E-state index contributed by atoms with van der Waals surface area (Å²) in [6, 6.07) is 7.83. The van der Waals surface area contributed by atoms with E-state index < -0.39 is 0 Å². The van der Waals surface area contributed by atoms with Gasteiger partial charge < -0.3 is 14.8 Å². The van der Waals surface area contributed by atoms with Gasteiger partial charge in [-0.1, -0.05) is 29.7 Å². The Morgan fingerprint density at radius 2 is 2.21 bits per heavy atom. The molecule has 7 heteroatoms. The molecule has 6 nitrogen and oxygen atoms in total. The number of benzene rings is 1. The van der Waals surface area contributed by atoms with Gasteiger partial charge in [0.25, 0.3) is 5.91 Å². The van der Waals surface area contributed by atoms with Gasteiger partial charge in [-0.3, -0.25) is 9.69 Å². The van der Waals surface area contributed by atoms with Gasteiger partial charge in [-0.2, -0.15) is 0 Å². The summed E-state index contributed by atoms with van der Waals surface area (Å²) in [5, 5.41) is 9.02. The number of carbonyl (C=O) groups is 1. The van der Waals surface area contributed by atoms with Gasteiger partial charge in [0, 0.05) is 59.8 Å². The van der Waals surface area contributed by atoms with Crippen LogP contribution in [0, 0.1) is 5.92 Å². The van der Waals surface area contributed by atoms with Crippen LogP contribution in [-0.4, -0.2) is 40.1 Å². The lowest BCUT2D eigenvalue weighted by molar-refractivity contribution is 0.0922. The van der Waals surface area contributed by atoms with E-state index in [2.05, 4.69) is 33.3 Å². The normalized spacial score (nSPS) is 22.8.